The Balaban J connectivity index is 1.97. The van der Waals surface area contributed by atoms with Crippen LogP contribution in [0.3, 0.4) is 0 Å². The minimum atomic E-state index is 0.170. The SMILES string of the molecule is CC(Nc1ccc(N)c2cnccc12)c1cccnc1. The molecule has 1 unspecified atom stereocenters. The Morgan fingerprint density at radius 2 is 1.85 bits per heavy atom. The van der Waals surface area contributed by atoms with E-state index in [0.717, 1.165) is 27.7 Å². The van der Waals surface area contributed by atoms with Crippen LogP contribution >= 0.6 is 0 Å². The van der Waals surface area contributed by atoms with E-state index in [2.05, 4.69) is 28.3 Å². The summed E-state index contributed by atoms with van der Waals surface area (Å²) in [6.45, 7) is 2.11. The standard InChI is InChI=1S/C16H16N4/c1-11(12-3-2-7-18-9-12)20-16-5-4-15(17)14-10-19-8-6-13(14)16/h2-11,20H,17H2,1H3. The second kappa shape index (κ2) is 5.17. The van der Waals surface area contributed by atoms with E-state index >= 15 is 0 Å². The molecule has 100 valence electrons. The van der Waals surface area contributed by atoms with Crippen LogP contribution in [0.5, 0.6) is 0 Å². The predicted octanol–water partition coefficient (Wildman–Crippen LogP) is 3.39. The van der Waals surface area contributed by atoms with Crippen LogP contribution in [0.15, 0.2) is 55.1 Å². The minimum Gasteiger partial charge on any atom is -0.398 e. The van der Waals surface area contributed by atoms with Gasteiger partial charge >= 0.3 is 0 Å². The predicted molar refractivity (Wildman–Crippen MR) is 82.4 cm³/mol. The van der Waals surface area contributed by atoms with Crippen LogP contribution in [0.25, 0.3) is 10.8 Å². The Morgan fingerprint density at radius 3 is 2.65 bits per heavy atom. The zero-order valence-corrected chi connectivity index (χ0v) is 11.2. The number of pyridine rings is 2. The molecule has 0 spiro atoms. The van der Waals surface area contributed by atoms with Crippen molar-refractivity contribution >= 4 is 22.1 Å². The van der Waals surface area contributed by atoms with E-state index < -0.39 is 0 Å². The van der Waals surface area contributed by atoms with Gasteiger partial charge in [-0.1, -0.05) is 6.07 Å². The fraction of sp³-hybridized carbons (Fsp3) is 0.125. The molecular weight excluding hydrogens is 248 g/mol. The number of rotatable bonds is 3. The molecule has 0 saturated carbocycles. The molecular formula is C16H16N4. The largest absolute Gasteiger partial charge is 0.398 e. The zero-order valence-electron chi connectivity index (χ0n) is 11.2. The van der Waals surface area contributed by atoms with Crippen molar-refractivity contribution in [1.82, 2.24) is 9.97 Å². The first kappa shape index (κ1) is 12.4. The molecule has 3 N–H and O–H groups in total. The summed E-state index contributed by atoms with van der Waals surface area (Å²) in [5, 5.41) is 5.55. The molecule has 0 aliphatic carbocycles. The summed E-state index contributed by atoms with van der Waals surface area (Å²) in [6, 6.07) is 10.1. The molecule has 0 bridgehead atoms. The highest BCUT2D eigenvalue weighted by Crippen LogP contribution is 2.29. The summed E-state index contributed by atoms with van der Waals surface area (Å²) in [7, 11) is 0. The van der Waals surface area contributed by atoms with E-state index in [1.54, 1.807) is 18.6 Å². The molecule has 1 aromatic carbocycles. The number of nitrogens with zero attached hydrogens (tertiary/aromatic N) is 2. The van der Waals surface area contributed by atoms with Crippen LogP contribution in [-0.4, -0.2) is 9.97 Å². The lowest BCUT2D eigenvalue weighted by molar-refractivity contribution is 0.877. The van der Waals surface area contributed by atoms with Crippen molar-refractivity contribution in [2.24, 2.45) is 0 Å². The van der Waals surface area contributed by atoms with Gasteiger partial charge in [-0.25, -0.2) is 0 Å². The first-order chi connectivity index (χ1) is 9.75. The summed E-state index contributed by atoms with van der Waals surface area (Å²) in [5.74, 6) is 0. The first-order valence-electron chi connectivity index (χ1n) is 6.54. The van der Waals surface area contributed by atoms with Crippen molar-refractivity contribution in [2.45, 2.75) is 13.0 Å². The number of nitrogens with two attached hydrogens (primary N) is 1. The molecule has 0 saturated heterocycles. The molecule has 4 nitrogen and oxygen atoms in total. The molecule has 2 aromatic heterocycles. The first-order valence-corrected chi connectivity index (χ1v) is 6.54. The van der Waals surface area contributed by atoms with Crippen molar-refractivity contribution in [3.8, 4) is 0 Å². The van der Waals surface area contributed by atoms with Gasteiger partial charge in [-0.3, -0.25) is 9.97 Å². The summed E-state index contributed by atoms with van der Waals surface area (Å²) < 4.78 is 0. The topological polar surface area (TPSA) is 63.8 Å². The molecule has 3 rings (SSSR count). The summed E-state index contributed by atoms with van der Waals surface area (Å²) in [6.07, 6.45) is 7.23. The number of benzene rings is 1. The Hall–Kier alpha value is -2.62. The monoisotopic (exact) mass is 264 g/mol. The molecule has 20 heavy (non-hydrogen) atoms. The zero-order chi connectivity index (χ0) is 13.9. The molecule has 3 aromatic rings. The third kappa shape index (κ3) is 2.28. The smallest absolute Gasteiger partial charge is 0.0501 e. The third-order valence-corrected chi connectivity index (χ3v) is 3.41. The number of aromatic nitrogens is 2. The second-order valence-corrected chi connectivity index (χ2v) is 4.78. The molecule has 0 amide bonds. The Kier molecular flexibility index (Phi) is 3.21. The van der Waals surface area contributed by atoms with Gasteiger partial charge in [-0.15, -0.1) is 0 Å². The Bertz CT molecular complexity index is 725. The molecule has 2 heterocycles. The highest BCUT2D eigenvalue weighted by molar-refractivity contribution is 6.00. The summed E-state index contributed by atoms with van der Waals surface area (Å²) in [4.78, 5) is 8.29. The molecule has 0 aliphatic heterocycles. The average molecular weight is 264 g/mol. The van der Waals surface area contributed by atoms with Crippen LogP contribution in [0.1, 0.15) is 18.5 Å². The van der Waals surface area contributed by atoms with Gasteiger partial charge < -0.3 is 11.1 Å². The van der Waals surface area contributed by atoms with Gasteiger partial charge in [-0.2, -0.15) is 0 Å². The van der Waals surface area contributed by atoms with Gasteiger partial charge in [0.05, 0.1) is 6.04 Å². The fourth-order valence-corrected chi connectivity index (χ4v) is 2.29. The molecule has 0 radical (unpaired) electrons. The van der Waals surface area contributed by atoms with Crippen LogP contribution in [-0.2, 0) is 0 Å². The summed E-state index contributed by atoms with van der Waals surface area (Å²) >= 11 is 0. The van der Waals surface area contributed by atoms with Crippen molar-refractivity contribution in [2.75, 3.05) is 11.1 Å². The van der Waals surface area contributed by atoms with E-state index in [9.17, 15) is 0 Å². The Morgan fingerprint density at radius 1 is 1.00 bits per heavy atom. The van der Waals surface area contributed by atoms with E-state index in [0.29, 0.717) is 0 Å². The van der Waals surface area contributed by atoms with Crippen molar-refractivity contribution in [1.29, 1.82) is 0 Å². The highest BCUT2D eigenvalue weighted by atomic mass is 14.9. The van der Waals surface area contributed by atoms with Crippen molar-refractivity contribution < 1.29 is 0 Å². The number of hydrogen-bond donors (Lipinski definition) is 2. The maximum Gasteiger partial charge on any atom is 0.0501 e. The number of fused-ring (bicyclic) bond motifs is 1. The number of nitrogen functional groups attached to an aromatic ring is 1. The molecule has 0 fully saturated rings. The average Bonchev–Trinajstić information content (AvgIpc) is 2.51. The number of nitrogens with one attached hydrogen (secondary N) is 1. The van der Waals surface area contributed by atoms with Gasteiger partial charge in [-0.05, 0) is 36.8 Å². The maximum atomic E-state index is 5.99. The van der Waals surface area contributed by atoms with Crippen molar-refractivity contribution in [3.63, 3.8) is 0 Å². The van der Waals surface area contributed by atoms with Gasteiger partial charge in [0.15, 0.2) is 0 Å². The van der Waals surface area contributed by atoms with Gasteiger partial charge in [0.2, 0.25) is 0 Å². The quantitative estimate of drug-likeness (QED) is 0.712. The van der Waals surface area contributed by atoms with Crippen molar-refractivity contribution in [3.05, 3.63) is 60.7 Å². The van der Waals surface area contributed by atoms with Crippen LogP contribution in [0.2, 0.25) is 0 Å². The van der Waals surface area contributed by atoms with Crippen LogP contribution in [0.4, 0.5) is 11.4 Å². The Labute approximate surface area is 117 Å². The molecule has 4 heteroatoms. The third-order valence-electron chi connectivity index (χ3n) is 3.41. The number of hydrogen-bond acceptors (Lipinski definition) is 4. The maximum absolute atomic E-state index is 5.99. The normalized spacial score (nSPS) is 12.2. The molecule has 0 aliphatic rings. The highest BCUT2D eigenvalue weighted by Gasteiger charge is 2.08. The van der Waals surface area contributed by atoms with E-state index in [-0.39, 0.29) is 6.04 Å². The minimum absolute atomic E-state index is 0.170. The molecule has 1 atom stereocenters. The van der Waals surface area contributed by atoms with E-state index in [4.69, 9.17) is 5.73 Å². The second-order valence-electron chi connectivity index (χ2n) is 4.78. The lowest BCUT2D eigenvalue weighted by Gasteiger charge is -2.17. The van der Waals surface area contributed by atoms with E-state index in [1.807, 2.05) is 30.5 Å². The summed E-state index contributed by atoms with van der Waals surface area (Å²) in [5.41, 5.74) is 8.93. The lowest BCUT2D eigenvalue weighted by atomic mass is 10.1. The fourth-order valence-electron chi connectivity index (χ4n) is 2.29. The van der Waals surface area contributed by atoms with Gasteiger partial charge in [0.25, 0.3) is 0 Å². The van der Waals surface area contributed by atoms with Crippen LogP contribution in [0, 0.1) is 0 Å². The van der Waals surface area contributed by atoms with Crippen LogP contribution < -0.4 is 11.1 Å². The van der Waals surface area contributed by atoms with Gasteiger partial charge in [0, 0.05) is 46.9 Å². The lowest BCUT2D eigenvalue weighted by Crippen LogP contribution is -2.07. The van der Waals surface area contributed by atoms with Gasteiger partial charge in [0.1, 0.15) is 0 Å². The number of anilines is 2. The van der Waals surface area contributed by atoms with E-state index in [1.165, 1.54) is 0 Å².